The summed E-state index contributed by atoms with van der Waals surface area (Å²) in [5, 5.41) is 8.82. The standard InChI is InChI=1S/C16H21F3N2O3/c1-2-24-12-7-9-21(10-8-12)15-11(4-6-14(22)23)3-5-13(20-15)16(17,18)19/h3,5,12H,2,4,6-10H2,1H3,(H,22,23). The number of piperidine rings is 1. The minimum atomic E-state index is -4.52. The second kappa shape index (κ2) is 7.83. The van der Waals surface area contributed by atoms with Crippen molar-refractivity contribution < 1.29 is 27.8 Å². The van der Waals surface area contributed by atoms with Gasteiger partial charge in [0.2, 0.25) is 0 Å². The molecule has 1 aromatic rings. The molecule has 1 fully saturated rings. The Labute approximate surface area is 138 Å². The molecule has 0 bridgehead atoms. The van der Waals surface area contributed by atoms with Gasteiger partial charge in [0, 0.05) is 26.1 Å². The number of rotatable bonds is 6. The predicted molar refractivity (Wildman–Crippen MR) is 82.1 cm³/mol. The summed E-state index contributed by atoms with van der Waals surface area (Å²) in [5.41, 5.74) is -0.427. The first-order chi connectivity index (χ1) is 11.3. The topological polar surface area (TPSA) is 62.7 Å². The highest BCUT2D eigenvalue weighted by Crippen LogP contribution is 2.32. The molecule has 0 amide bonds. The van der Waals surface area contributed by atoms with E-state index in [1.165, 1.54) is 6.07 Å². The first-order valence-electron chi connectivity index (χ1n) is 7.96. The lowest BCUT2D eigenvalue weighted by Gasteiger charge is -2.34. The zero-order chi connectivity index (χ0) is 17.7. The van der Waals surface area contributed by atoms with Crippen LogP contribution in [0.5, 0.6) is 0 Å². The van der Waals surface area contributed by atoms with Gasteiger partial charge in [0.25, 0.3) is 0 Å². The number of ether oxygens (including phenoxy) is 1. The van der Waals surface area contributed by atoms with Gasteiger partial charge in [-0.1, -0.05) is 6.07 Å². The largest absolute Gasteiger partial charge is 0.481 e. The van der Waals surface area contributed by atoms with Crippen LogP contribution in [-0.2, 0) is 22.1 Å². The minimum absolute atomic E-state index is 0.111. The third-order valence-electron chi connectivity index (χ3n) is 4.00. The third-order valence-corrected chi connectivity index (χ3v) is 4.00. The highest BCUT2D eigenvalue weighted by molar-refractivity contribution is 5.67. The molecule has 1 N–H and O–H groups in total. The molecule has 24 heavy (non-hydrogen) atoms. The summed E-state index contributed by atoms with van der Waals surface area (Å²) in [5.74, 6) is -0.753. The Balaban J connectivity index is 2.22. The van der Waals surface area contributed by atoms with E-state index >= 15 is 0 Å². The molecule has 134 valence electrons. The number of hydrogen-bond acceptors (Lipinski definition) is 4. The molecule has 2 rings (SSSR count). The summed E-state index contributed by atoms with van der Waals surface area (Å²) in [6.07, 6.45) is -2.98. The molecule has 1 saturated heterocycles. The molecule has 0 spiro atoms. The van der Waals surface area contributed by atoms with Crippen LogP contribution in [-0.4, -0.2) is 41.9 Å². The maximum atomic E-state index is 12.9. The zero-order valence-electron chi connectivity index (χ0n) is 13.5. The number of nitrogens with zero attached hydrogens (tertiary/aromatic N) is 2. The number of carboxylic acids is 1. The Morgan fingerprint density at radius 3 is 2.58 bits per heavy atom. The SMILES string of the molecule is CCOC1CCN(c2nc(C(F)(F)F)ccc2CCC(=O)O)CC1. The van der Waals surface area contributed by atoms with Crippen LogP contribution in [0.1, 0.15) is 37.4 Å². The number of carboxylic acid groups (broad SMARTS) is 1. The highest BCUT2D eigenvalue weighted by Gasteiger charge is 2.34. The van der Waals surface area contributed by atoms with E-state index in [-0.39, 0.29) is 24.8 Å². The Morgan fingerprint density at radius 2 is 2.04 bits per heavy atom. The molecule has 0 unspecified atom stereocenters. The van der Waals surface area contributed by atoms with Crippen LogP contribution in [0.4, 0.5) is 19.0 Å². The molecule has 2 heterocycles. The third kappa shape index (κ3) is 4.83. The van der Waals surface area contributed by atoms with Crippen LogP contribution in [0.15, 0.2) is 12.1 Å². The molecule has 8 heteroatoms. The number of alkyl halides is 3. The molecule has 1 aromatic heterocycles. The summed E-state index contributed by atoms with van der Waals surface area (Å²) in [4.78, 5) is 16.3. The predicted octanol–water partition coefficient (Wildman–Crippen LogP) is 3.12. The Kier molecular flexibility index (Phi) is 6.04. The van der Waals surface area contributed by atoms with Gasteiger partial charge in [0.15, 0.2) is 0 Å². The van der Waals surface area contributed by atoms with Gasteiger partial charge in [-0.25, -0.2) is 4.98 Å². The van der Waals surface area contributed by atoms with Crippen molar-refractivity contribution in [3.05, 3.63) is 23.4 Å². The van der Waals surface area contributed by atoms with Gasteiger partial charge in [0.05, 0.1) is 6.10 Å². The number of halogens is 3. The number of pyridine rings is 1. The average Bonchev–Trinajstić information content (AvgIpc) is 2.53. The minimum Gasteiger partial charge on any atom is -0.481 e. The van der Waals surface area contributed by atoms with Crippen molar-refractivity contribution in [1.29, 1.82) is 0 Å². The van der Waals surface area contributed by atoms with Crippen LogP contribution in [0.25, 0.3) is 0 Å². The van der Waals surface area contributed by atoms with Crippen molar-refractivity contribution in [2.45, 2.75) is 44.9 Å². The van der Waals surface area contributed by atoms with E-state index < -0.39 is 17.8 Å². The molecular formula is C16H21F3N2O3. The molecule has 1 aliphatic heterocycles. The summed E-state index contributed by atoms with van der Waals surface area (Å²) in [6, 6.07) is 2.25. The van der Waals surface area contributed by atoms with Crippen molar-refractivity contribution in [2.75, 3.05) is 24.6 Å². The molecule has 0 atom stereocenters. The molecule has 1 aliphatic rings. The van der Waals surface area contributed by atoms with Gasteiger partial charge < -0.3 is 14.7 Å². The highest BCUT2D eigenvalue weighted by atomic mass is 19.4. The Hall–Kier alpha value is -1.83. The van der Waals surface area contributed by atoms with E-state index in [1.807, 2.05) is 6.92 Å². The van der Waals surface area contributed by atoms with E-state index in [0.717, 1.165) is 6.07 Å². The van der Waals surface area contributed by atoms with Crippen LogP contribution >= 0.6 is 0 Å². The summed E-state index contributed by atoms with van der Waals surface area (Å²) >= 11 is 0. The summed E-state index contributed by atoms with van der Waals surface area (Å²) in [6.45, 7) is 3.60. The molecule has 5 nitrogen and oxygen atoms in total. The monoisotopic (exact) mass is 346 g/mol. The van der Waals surface area contributed by atoms with Crippen LogP contribution in [0, 0.1) is 0 Å². The zero-order valence-corrected chi connectivity index (χ0v) is 13.5. The maximum Gasteiger partial charge on any atom is 0.433 e. The van der Waals surface area contributed by atoms with Crippen molar-refractivity contribution in [3.8, 4) is 0 Å². The number of aromatic nitrogens is 1. The van der Waals surface area contributed by atoms with E-state index in [9.17, 15) is 18.0 Å². The van der Waals surface area contributed by atoms with E-state index in [1.54, 1.807) is 4.90 Å². The average molecular weight is 346 g/mol. The van der Waals surface area contributed by atoms with Crippen LogP contribution in [0.3, 0.4) is 0 Å². The lowest BCUT2D eigenvalue weighted by Crippen LogP contribution is -2.38. The second-order valence-electron chi connectivity index (χ2n) is 5.71. The van der Waals surface area contributed by atoms with Crippen molar-refractivity contribution in [3.63, 3.8) is 0 Å². The van der Waals surface area contributed by atoms with Crippen LogP contribution < -0.4 is 4.90 Å². The lowest BCUT2D eigenvalue weighted by atomic mass is 10.0. The van der Waals surface area contributed by atoms with Gasteiger partial charge in [-0.15, -0.1) is 0 Å². The maximum absolute atomic E-state index is 12.9. The van der Waals surface area contributed by atoms with E-state index in [0.29, 0.717) is 38.1 Å². The molecule has 0 radical (unpaired) electrons. The second-order valence-corrected chi connectivity index (χ2v) is 5.71. The number of carbonyl (C=O) groups is 1. The molecular weight excluding hydrogens is 325 g/mol. The van der Waals surface area contributed by atoms with Gasteiger partial charge in [0.1, 0.15) is 11.5 Å². The van der Waals surface area contributed by atoms with Gasteiger partial charge in [-0.05, 0) is 37.8 Å². The summed E-state index contributed by atoms with van der Waals surface area (Å²) in [7, 11) is 0. The number of aryl methyl sites for hydroxylation is 1. The first-order valence-corrected chi connectivity index (χ1v) is 7.96. The fourth-order valence-corrected chi connectivity index (χ4v) is 2.82. The Bertz CT molecular complexity index is 570. The van der Waals surface area contributed by atoms with E-state index in [4.69, 9.17) is 9.84 Å². The Morgan fingerprint density at radius 1 is 1.38 bits per heavy atom. The fourth-order valence-electron chi connectivity index (χ4n) is 2.82. The fraction of sp³-hybridized carbons (Fsp3) is 0.625. The van der Waals surface area contributed by atoms with Gasteiger partial charge >= 0.3 is 12.1 Å². The van der Waals surface area contributed by atoms with Crippen molar-refractivity contribution >= 4 is 11.8 Å². The molecule has 0 aromatic carbocycles. The molecule has 0 saturated carbocycles. The van der Waals surface area contributed by atoms with Crippen molar-refractivity contribution in [2.24, 2.45) is 0 Å². The van der Waals surface area contributed by atoms with E-state index in [2.05, 4.69) is 4.98 Å². The summed E-state index contributed by atoms with van der Waals surface area (Å²) < 4.78 is 44.4. The van der Waals surface area contributed by atoms with Crippen molar-refractivity contribution in [1.82, 2.24) is 4.98 Å². The van der Waals surface area contributed by atoms with Crippen LogP contribution in [0.2, 0.25) is 0 Å². The number of aliphatic carboxylic acids is 1. The molecule has 0 aliphatic carbocycles. The normalized spacial score (nSPS) is 16.4. The quantitative estimate of drug-likeness (QED) is 0.857. The lowest BCUT2D eigenvalue weighted by molar-refractivity contribution is -0.141. The number of hydrogen-bond donors (Lipinski definition) is 1. The smallest absolute Gasteiger partial charge is 0.433 e. The van der Waals surface area contributed by atoms with Gasteiger partial charge in [-0.3, -0.25) is 4.79 Å². The van der Waals surface area contributed by atoms with Gasteiger partial charge in [-0.2, -0.15) is 13.2 Å². The number of anilines is 1. The first kappa shape index (κ1) is 18.5.